The molecule has 0 aromatic heterocycles. The molecule has 6 heavy (non-hydrogen) atoms. The fourth-order valence-electron chi connectivity index (χ4n) is 0. The molecule has 0 aromatic rings. The monoisotopic (exact) mass is 100 g/mol. The number of aliphatic hydroxyl groups excluding tert-OH is 1. The highest BCUT2D eigenvalue weighted by Gasteiger charge is 1.70. The largest absolute Gasteiger partial charge is 0.412 e. The van der Waals surface area contributed by atoms with Crippen LogP contribution in [0.3, 0.4) is 0 Å². The molecule has 0 aliphatic carbocycles. The number of hydrogen-bond acceptors (Lipinski definition) is 2. The molecule has 0 heterocycles. The second-order valence-corrected chi connectivity index (χ2v) is 0.632. The smallest absolute Gasteiger partial charge is 0.148 e. The van der Waals surface area contributed by atoms with E-state index in [-0.39, 0.29) is 10.2 Å². The molecule has 0 spiro atoms. The highest BCUT2D eigenvalue weighted by atomic mass is 19.0. The second kappa shape index (κ2) is 8.84. The first-order chi connectivity index (χ1) is 1.73. The summed E-state index contributed by atoms with van der Waals surface area (Å²) in [5.74, 6) is 0. The molecule has 0 aliphatic heterocycles. The minimum Gasteiger partial charge on any atom is -0.412 e. The van der Waals surface area contributed by atoms with Crippen LogP contribution < -0.4 is 0 Å². The van der Waals surface area contributed by atoms with Gasteiger partial charge in [-0.3, -0.25) is 4.70 Å². The Kier molecular flexibility index (Phi) is 25.1. The van der Waals surface area contributed by atoms with Crippen LogP contribution in [0.25, 0.3) is 0 Å². The Labute approximate surface area is 34.9 Å². The lowest BCUT2D eigenvalue weighted by Crippen LogP contribution is -1.92. The molecular formula is C2H9FO3. The van der Waals surface area contributed by atoms with Crippen molar-refractivity contribution in [2.75, 3.05) is 0 Å². The Morgan fingerprint density at radius 1 is 1.33 bits per heavy atom. The maximum absolute atomic E-state index is 7.61. The molecule has 4 N–H and O–H groups in total. The average Bonchev–Trinajstić information content (AvgIpc) is 0.811. The van der Waals surface area contributed by atoms with Crippen LogP contribution in [0, 0.1) is 0 Å². The van der Waals surface area contributed by atoms with Gasteiger partial charge in [0.2, 0.25) is 0 Å². The normalized spacial score (nSPS) is 6.00. The molecule has 0 aromatic carbocycles. The first kappa shape index (κ1) is 17.0. The lowest BCUT2D eigenvalue weighted by atomic mass is 10.8. The fourth-order valence-corrected chi connectivity index (χ4v) is 0. The van der Waals surface area contributed by atoms with Crippen LogP contribution in [-0.4, -0.2) is 22.0 Å². The van der Waals surface area contributed by atoms with Gasteiger partial charge >= 0.3 is 0 Å². The van der Waals surface area contributed by atoms with Gasteiger partial charge in [-0.05, 0) is 6.92 Å². The van der Waals surface area contributed by atoms with E-state index in [1.54, 1.807) is 0 Å². The van der Waals surface area contributed by atoms with Crippen molar-refractivity contribution in [1.82, 2.24) is 0 Å². The summed E-state index contributed by atoms with van der Waals surface area (Å²) in [6, 6.07) is 0. The Morgan fingerprint density at radius 3 is 1.33 bits per heavy atom. The van der Waals surface area contributed by atoms with Gasteiger partial charge in [-0.1, -0.05) is 0 Å². The Balaban J connectivity index is -0.0000000450. The average molecular weight is 100 g/mol. The van der Waals surface area contributed by atoms with Crippen LogP contribution in [0.1, 0.15) is 6.92 Å². The van der Waals surface area contributed by atoms with Crippen molar-refractivity contribution < 1.29 is 20.4 Å². The van der Waals surface area contributed by atoms with Crippen molar-refractivity contribution in [3.63, 3.8) is 0 Å². The fraction of sp³-hybridized carbons (Fsp3) is 1.00. The van der Waals surface area contributed by atoms with Gasteiger partial charge in [-0.25, -0.2) is 0 Å². The zero-order chi connectivity index (χ0) is 3.58. The van der Waals surface area contributed by atoms with E-state index in [4.69, 9.17) is 10.2 Å². The molecule has 3 nitrogen and oxygen atoms in total. The molecule has 0 saturated heterocycles. The number of halogens is 1. The minimum absolute atomic E-state index is 0. The first-order valence-electron chi connectivity index (χ1n) is 1.09. The van der Waals surface area contributed by atoms with Crippen molar-refractivity contribution in [3.05, 3.63) is 0 Å². The third kappa shape index (κ3) is 833. The summed E-state index contributed by atoms with van der Waals surface area (Å²) in [6.07, 6.45) is -1.17. The van der Waals surface area contributed by atoms with E-state index in [0.717, 1.165) is 0 Å². The van der Waals surface area contributed by atoms with Gasteiger partial charge in [0.15, 0.2) is 0 Å². The zero-order valence-electron chi connectivity index (χ0n) is 3.38. The van der Waals surface area contributed by atoms with E-state index >= 15 is 0 Å². The van der Waals surface area contributed by atoms with Crippen molar-refractivity contribution >= 4 is 0 Å². The van der Waals surface area contributed by atoms with Gasteiger partial charge in [0, 0.05) is 0 Å². The third-order valence-corrected chi connectivity index (χ3v) is 0. The lowest BCUT2D eigenvalue weighted by molar-refractivity contribution is -0.0228. The first-order valence-corrected chi connectivity index (χ1v) is 1.09. The predicted octanol–water partition coefficient (Wildman–Crippen LogP) is -1.36. The predicted molar refractivity (Wildman–Crippen MR) is 20.0 cm³/mol. The van der Waals surface area contributed by atoms with Gasteiger partial charge in [-0.2, -0.15) is 0 Å². The quantitative estimate of drug-likeness (QED) is 0.369. The van der Waals surface area contributed by atoms with Crippen molar-refractivity contribution in [3.8, 4) is 0 Å². The number of hydrogen-bond donors (Lipinski definition) is 2. The molecular weight excluding hydrogens is 91.0 g/mol. The molecule has 0 radical (unpaired) electrons. The second-order valence-electron chi connectivity index (χ2n) is 0.632. The molecule has 42 valence electrons. The zero-order valence-corrected chi connectivity index (χ0v) is 3.38. The summed E-state index contributed by atoms with van der Waals surface area (Å²) in [6.45, 7) is 1.28. The number of rotatable bonds is 0. The van der Waals surface area contributed by atoms with E-state index < -0.39 is 6.29 Å². The summed E-state index contributed by atoms with van der Waals surface area (Å²) < 4.78 is 0. The van der Waals surface area contributed by atoms with Crippen molar-refractivity contribution in [2.24, 2.45) is 0 Å². The Bertz CT molecular complexity index is 13.5. The SMILES string of the molecule is CC(O)O.F.O. The molecule has 0 bridgehead atoms. The summed E-state index contributed by atoms with van der Waals surface area (Å²) in [5.41, 5.74) is 0. The maximum atomic E-state index is 7.61. The van der Waals surface area contributed by atoms with Crippen LogP contribution in [0.2, 0.25) is 0 Å². The van der Waals surface area contributed by atoms with Crippen molar-refractivity contribution in [1.29, 1.82) is 0 Å². The van der Waals surface area contributed by atoms with Crippen molar-refractivity contribution in [2.45, 2.75) is 13.2 Å². The molecule has 0 saturated carbocycles. The minimum atomic E-state index is -1.17. The summed E-state index contributed by atoms with van der Waals surface area (Å²) in [4.78, 5) is 0. The summed E-state index contributed by atoms with van der Waals surface area (Å²) >= 11 is 0. The van der Waals surface area contributed by atoms with Gasteiger partial charge in [0.1, 0.15) is 6.29 Å². The lowest BCUT2D eigenvalue weighted by Gasteiger charge is -1.80. The van der Waals surface area contributed by atoms with Gasteiger partial charge in [-0.15, -0.1) is 0 Å². The summed E-state index contributed by atoms with van der Waals surface area (Å²) in [7, 11) is 0. The standard InChI is InChI=1S/C2H6O2.FH.H2O/c1-2(3)4;;/h2-4H,1H3;1H;1H2. The van der Waals surface area contributed by atoms with Crippen LogP contribution in [0.5, 0.6) is 0 Å². The van der Waals surface area contributed by atoms with E-state index in [2.05, 4.69) is 0 Å². The molecule has 0 fully saturated rings. The van der Waals surface area contributed by atoms with Crippen LogP contribution in [0.4, 0.5) is 4.70 Å². The highest BCUT2D eigenvalue weighted by Crippen LogP contribution is 1.57. The molecule has 4 heteroatoms. The third-order valence-electron chi connectivity index (χ3n) is 0. The molecule has 0 aliphatic rings. The Hall–Kier alpha value is -0.190. The topological polar surface area (TPSA) is 72.0 Å². The molecule has 0 amide bonds. The highest BCUT2D eigenvalue weighted by molar-refractivity contribution is 4.02. The van der Waals surface area contributed by atoms with E-state index in [1.807, 2.05) is 0 Å². The van der Waals surface area contributed by atoms with E-state index in [9.17, 15) is 0 Å². The Morgan fingerprint density at radius 2 is 1.33 bits per heavy atom. The van der Waals surface area contributed by atoms with Gasteiger partial charge in [0.25, 0.3) is 0 Å². The van der Waals surface area contributed by atoms with Crippen LogP contribution in [-0.2, 0) is 0 Å². The van der Waals surface area contributed by atoms with Crippen LogP contribution >= 0.6 is 0 Å². The van der Waals surface area contributed by atoms with Gasteiger partial charge in [0.05, 0.1) is 0 Å². The van der Waals surface area contributed by atoms with Crippen LogP contribution in [0.15, 0.2) is 0 Å². The maximum Gasteiger partial charge on any atom is 0.148 e. The summed E-state index contributed by atoms with van der Waals surface area (Å²) in [5, 5.41) is 15.2. The molecule has 0 atom stereocenters. The molecule has 0 rings (SSSR count). The molecule has 0 unspecified atom stereocenters. The number of aliphatic hydroxyl groups is 2. The van der Waals surface area contributed by atoms with Gasteiger partial charge < -0.3 is 15.7 Å². The van der Waals surface area contributed by atoms with E-state index in [0.29, 0.717) is 0 Å². The van der Waals surface area contributed by atoms with E-state index in [1.165, 1.54) is 6.92 Å².